The van der Waals surface area contributed by atoms with Crippen LogP contribution in [0, 0.1) is 0 Å². The molecule has 0 saturated carbocycles. The lowest BCUT2D eigenvalue weighted by Crippen LogP contribution is -2.53. The molecule has 0 fully saturated rings. The first kappa shape index (κ1) is 31.0. The second-order valence-electron chi connectivity index (χ2n) is 11.1. The monoisotopic (exact) mass is 581 g/mol. The summed E-state index contributed by atoms with van der Waals surface area (Å²) in [5.41, 5.74) is 3.12. The predicted octanol–water partition coefficient (Wildman–Crippen LogP) is 4.93. The molecule has 0 spiro atoms. The van der Waals surface area contributed by atoms with Crippen molar-refractivity contribution in [1.29, 1.82) is 0 Å². The summed E-state index contributed by atoms with van der Waals surface area (Å²) in [4.78, 5) is 49.0. The lowest BCUT2D eigenvalue weighted by Gasteiger charge is -2.33. The van der Waals surface area contributed by atoms with E-state index in [2.05, 4.69) is 34.4 Å². The van der Waals surface area contributed by atoms with Crippen molar-refractivity contribution in [3.63, 3.8) is 0 Å². The van der Waals surface area contributed by atoms with Gasteiger partial charge in [0.05, 0.1) is 12.4 Å². The standard InChI is InChI=1S/C34H39N5O4/c1-25(27-15-9-5-10-16-27)39(21-31(40)36-23-34(2,3)28-17-11-6-12-18-28)32(41)30(19-29-20-35-24-37-29)38-33(42)43-22-26-13-7-4-8-14-26/h4-18,20,24-25,30H,19,21-23H2,1-3H3,(H,35,37)(H,36,40)(H,38,42). The summed E-state index contributed by atoms with van der Waals surface area (Å²) in [6, 6.07) is 27.3. The molecule has 3 amide bonds. The van der Waals surface area contributed by atoms with E-state index in [0.717, 1.165) is 16.7 Å². The Labute approximate surface area is 252 Å². The molecule has 1 aromatic heterocycles. The average molecular weight is 582 g/mol. The van der Waals surface area contributed by atoms with Crippen molar-refractivity contribution in [2.45, 2.75) is 51.3 Å². The fourth-order valence-corrected chi connectivity index (χ4v) is 4.76. The van der Waals surface area contributed by atoms with Crippen LogP contribution in [0.3, 0.4) is 0 Å². The topological polar surface area (TPSA) is 116 Å². The molecule has 9 nitrogen and oxygen atoms in total. The zero-order valence-corrected chi connectivity index (χ0v) is 24.8. The van der Waals surface area contributed by atoms with Crippen LogP contribution in [-0.4, -0.2) is 51.9 Å². The van der Waals surface area contributed by atoms with Crippen molar-refractivity contribution in [3.8, 4) is 0 Å². The number of nitrogens with one attached hydrogen (secondary N) is 3. The number of aromatic nitrogens is 2. The number of aromatic amines is 1. The number of benzene rings is 3. The van der Waals surface area contributed by atoms with Crippen LogP contribution in [0.5, 0.6) is 0 Å². The third-order valence-electron chi connectivity index (χ3n) is 7.41. The molecule has 0 aliphatic rings. The number of H-pyrrole nitrogens is 1. The molecule has 9 heteroatoms. The number of imidazole rings is 1. The van der Waals surface area contributed by atoms with Gasteiger partial charge in [0.15, 0.2) is 0 Å². The summed E-state index contributed by atoms with van der Waals surface area (Å²) in [5, 5.41) is 5.75. The van der Waals surface area contributed by atoms with Crippen LogP contribution < -0.4 is 10.6 Å². The van der Waals surface area contributed by atoms with E-state index in [1.54, 1.807) is 6.20 Å². The third-order valence-corrected chi connectivity index (χ3v) is 7.41. The zero-order chi connectivity index (χ0) is 30.7. The van der Waals surface area contributed by atoms with Gasteiger partial charge in [0, 0.05) is 30.3 Å². The van der Waals surface area contributed by atoms with E-state index in [4.69, 9.17) is 4.74 Å². The van der Waals surface area contributed by atoms with Gasteiger partial charge in [0.25, 0.3) is 0 Å². The van der Waals surface area contributed by atoms with E-state index in [-0.39, 0.29) is 30.9 Å². The molecule has 2 atom stereocenters. The lowest BCUT2D eigenvalue weighted by atomic mass is 9.84. The Hall–Kier alpha value is -4.92. The molecular formula is C34H39N5O4. The van der Waals surface area contributed by atoms with Crippen LogP contribution in [-0.2, 0) is 32.8 Å². The smallest absolute Gasteiger partial charge is 0.408 e. The summed E-state index contributed by atoms with van der Waals surface area (Å²) in [7, 11) is 0. The predicted molar refractivity (Wildman–Crippen MR) is 165 cm³/mol. The Morgan fingerprint density at radius 2 is 1.56 bits per heavy atom. The van der Waals surface area contributed by atoms with Gasteiger partial charge in [-0.15, -0.1) is 0 Å². The first-order valence-corrected chi connectivity index (χ1v) is 14.3. The molecule has 3 aromatic carbocycles. The molecule has 4 aromatic rings. The van der Waals surface area contributed by atoms with Gasteiger partial charge < -0.3 is 25.3 Å². The number of hydrogen-bond acceptors (Lipinski definition) is 5. The molecular weight excluding hydrogens is 542 g/mol. The van der Waals surface area contributed by atoms with Crippen molar-refractivity contribution in [1.82, 2.24) is 25.5 Å². The zero-order valence-electron chi connectivity index (χ0n) is 24.8. The first-order valence-electron chi connectivity index (χ1n) is 14.3. The highest BCUT2D eigenvalue weighted by atomic mass is 16.5. The molecule has 224 valence electrons. The lowest BCUT2D eigenvalue weighted by molar-refractivity contribution is -0.140. The second-order valence-corrected chi connectivity index (χ2v) is 11.1. The minimum atomic E-state index is -1.01. The van der Waals surface area contributed by atoms with E-state index < -0.39 is 24.1 Å². The average Bonchev–Trinajstić information content (AvgIpc) is 3.55. The number of amides is 3. The minimum absolute atomic E-state index is 0.0569. The summed E-state index contributed by atoms with van der Waals surface area (Å²) >= 11 is 0. The van der Waals surface area contributed by atoms with E-state index in [1.807, 2.05) is 97.9 Å². The van der Waals surface area contributed by atoms with Crippen molar-refractivity contribution >= 4 is 17.9 Å². The third kappa shape index (κ3) is 9.03. The van der Waals surface area contributed by atoms with Crippen LogP contribution in [0.1, 0.15) is 49.2 Å². The van der Waals surface area contributed by atoms with E-state index in [9.17, 15) is 14.4 Å². The number of hydrogen-bond donors (Lipinski definition) is 3. The molecule has 0 radical (unpaired) electrons. The largest absolute Gasteiger partial charge is 0.445 e. The number of ether oxygens (including phenoxy) is 1. The Morgan fingerprint density at radius 1 is 0.930 bits per heavy atom. The highest BCUT2D eigenvalue weighted by Gasteiger charge is 2.32. The van der Waals surface area contributed by atoms with Gasteiger partial charge in [-0.2, -0.15) is 0 Å². The van der Waals surface area contributed by atoms with Crippen LogP contribution in [0.25, 0.3) is 0 Å². The van der Waals surface area contributed by atoms with Crippen LogP contribution >= 0.6 is 0 Å². The second kappa shape index (κ2) is 14.8. The Balaban J connectivity index is 1.52. The summed E-state index contributed by atoms with van der Waals surface area (Å²) in [6.45, 7) is 6.24. The molecule has 4 rings (SSSR count). The number of nitrogens with zero attached hydrogens (tertiary/aromatic N) is 2. The van der Waals surface area contributed by atoms with Crippen molar-refractivity contribution in [3.05, 3.63) is 126 Å². The van der Waals surface area contributed by atoms with Gasteiger partial charge in [0.1, 0.15) is 19.2 Å². The molecule has 2 unspecified atom stereocenters. The number of carbonyl (C=O) groups is 3. The van der Waals surface area contributed by atoms with Crippen molar-refractivity contribution < 1.29 is 19.1 Å². The number of alkyl carbamates (subject to hydrolysis) is 1. The minimum Gasteiger partial charge on any atom is -0.445 e. The Bertz CT molecular complexity index is 1440. The van der Waals surface area contributed by atoms with Crippen LogP contribution in [0.4, 0.5) is 4.79 Å². The van der Waals surface area contributed by atoms with Crippen LogP contribution in [0.15, 0.2) is 104 Å². The van der Waals surface area contributed by atoms with Gasteiger partial charge >= 0.3 is 6.09 Å². The number of carbonyl (C=O) groups excluding carboxylic acids is 3. The summed E-state index contributed by atoms with van der Waals surface area (Å²) in [6.07, 6.45) is 2.51. The van der Waals surface area contributed by atoms with Gasteiger partial charge in [-0.1, -0.05) is 105 Å². The molecule has 0 aliphatic heterocycles. The maximum atomic E-state index is 14.2. The molecule has 43 heavy (non-hydrogen) atoms. The Morgan fingerprint density at radius 3 is 2.19 bits per heavy atom. The van der Waals surface area contributed by atoms with Gasteiger partial charge in [-0.25, -0.2) is 9.78 Å². The fraction of sp³-hybridized carbons (Fsp3) is 0.294. The normalized spacial score (nSPS) is 12.5. The molecule has 0 bridgehead atoms. The van der Waals surface area contributed by atoms with Gasteiger partial charge in [-0.3, -0.25) is 9.59 Å². The van der Waals surface area contributed by atoms with Crippen molar-refractivity contribution in [2.24, 2.45) is 0 Å². The van der Waals surface area contributed by atoms with E-state index >= 15 is 0 Å². The van der Waals surface area contributed by atoms with Crippen molar-refractivity contribution in [2.75, 3.05) is 13.1 Å². The number of rotatable bonds is 13. The van der Waals surface area contributed by atoms with Gasteiger partial charge in [0.2, 0.25) is 11.8 Å². The molecule has 0 aliphatic carbocycles. The van der Waals surface area contributed by atoms with E-state index in [1.165, 1.54) is 11.2 Å². The quantitative estimate of drug-likeness (QED) is 0.207. The summed E-state index contributed by atoms with van der Waals surface area (Å²) < 4.78 is 5.43. The maximum Gasteiger partial charge on any atom is 0.408 e. The molecule has 0 saturated heterocycles. The Kier molecular flexibility index (Phi) is 10.7. The SMILES string of the molecule is CC(c1ccccc1)N(CC(=O)NCC(C)(C)c1ccccc1)C(=O)C(Cc1cnc[nH]1)NC(=O)OCc1ccccc1. The summed E-state index contributed by atoms with van der Waals surface area (Å²) in [5.74, 6) is -0.716. The van der Waals surface area contributed by atoms with Gasteiger partial charge in [-0.05, 0) is 23.6 Å². The highest BCUT2D eigenvalue weighted by Crippen LogP contribution is 2.23. The fourth-order valence-electron chi connectivity index (χ4n) is 4.76. The van der Waals surface area contributed by atoms with Crippen LogP contribution in [0.2, 0.25) is 0 Å². The molecule has 3 N–H and O–H groups in total. The highest BCUT2D eigenvalue weighted by molar-refractivity contribution is 5.90. The maximum absolute atomic E-state index is 14.2. The first-order chi connectivity index (χ1) is 20.7. The van der Waals surface area contributed by atoms with E-state index in [0.29, 0.717) is 12.2 Å². The molecule has 1 heterocycles.